The molecule has 0 aliphatic carbocycles. The number of hydrogen-bond acceptors (Lipinski definition) is 3. The van der Waals surface area contributed by atoms with Gasteiger partial charge in [0.25, 0.3) is 5.91 Å². The summed E-state index contributed by atoms with van der Waals surface area (Å²) in [7, 11) is 0. The topological polar surface area (TPSA) is 46.6 Å². The first-order chi connectivity index (χ1) is 11.6. The molecule has 4 nitrogen and oxygen atoms in total. The van der Waals surface area contributed by atoms with E-state index in [1.54, 1.807) is 11.8 Å². The van der Waals surface area contributed by atoms with Crippen LogP contribution in [0.15, 0.2) is 54.6 Å². The maximum atomic E-state index is 12.5. The van der Waals surface area contributed by atoms with Crippen molar-refractivity contribution >= 4 is 11.9 Å². The molecule has 0 spiro atoms. The zero-order valence-corrected chi connectivity index (χ0v) is 13.8. The Morgan fingerprint density at radius 1 is 1.04 bits per heavy atom. The smallest absolute Gasteiger partial charge is 0.311 e. The highest BCUT2D eigenvalue weighted by Crippen LogP contribution is 2.19. The molecule has 1 heterocycles. The Labute approximate surface area is 142 Å². The van der Waals surface area contributed by atoms with Crippen molar-refractivity contribution in [2.75, 3.05) is 6.54 Å². The normalized spacial score (nSPS) is 14.6. The molecule has 4 heteroatoms. The highest BCUT2D eigenvalue weighted by Gasteiger charge is 2.26. The fraction of sp³-hybridized carbons (Fsp3) is 0.300. The van der Waals surface area contributed by atoms with Crippen molar-refractivity contribution in [3.8, 4) is 0 Å². The van der Waals surface area contributed by atoms with Crippen LogP contribution in [0.1, 0.15) is 23.6 Å². The zero-order valence-electron chi connectivity index (χ0n) is 13.8. The molecule has 0 fully saturated rings. The number of carbonyl (C=O) groups excluding carboxylic acids is 2. The predicted molar refractivity (Wildman–Crippen MR) is 91.3 cm³/mol. The summed E-state index contributed by atoms with van der Waals surface area (Å²) in [5, 5.41) is 0. The first-order valence-electron chi connectivity index (χ1n) is 8.22. The Morgan fingerprint density at radius 3 is 2.46 bits per heavy atom. The van der Waals surface area contributed by atoms with Crippen molar-refractivity contribution in [1.29, 1.82) is 0 Å². The van der Waals surface area contributed by atoms with Crippen LogP contribution in [0.25, 0.3) is 0 Å². The number of hydrogen-bond donors (Lipinski definition) is 0. The van der Waals surface area contributed by atoms with E-state index in [-0.39, 0.29) is 18.3 Å². The van der Waals surface area contributed by atoms with Gasteiger partial charge in [-0.1, -0.05) is 54.6 Å². The van der Waals surface area contributed by atoms with Crippen LogP contribution in [-0.4, -0.2) is 29.4 Å². The zero-order chi connectivity index (χ0) is 16.9. The molecule has 124 valence electrons. The number of benzene rings is 2. The first kappa shape index (κ1) is 16.2. The summed E-state index contributed by atoms with van der Waals surface area (Å²) >= 11 is 0. The minimum atomic E-state index is -0.758. The fourth-order valence-electron chi connectivity index (χ4n) is 2.99. The van der Waals surface area contributed by atoms with E-state index < -0.39 is 6.10 Å². The van der Waals surface area contributed by atoms with E-state index in [2.05, 4.69) is 6.07 Å². The van der Waals surface area contributed by atoms with Gasteiger partial charge in [-0.25, -0.2) is 0 Å². The molecule has 1 amide bonds. The van der Waals surface area contributed by atoms with Crippen LogP contribution < -0.4 is 0 Å². The molecule has 1 unspecified atom stereocenters. The molecule has 2 aromatic carbocycles. The third-order valence-corrected chi connectivity index (χ3v) is 4.29. The number of carbonyl (C=O) groups is 2. The monoisotopic (exact) mass is 323 g/mol. The van der Waals surface area contributed by atoms with Crippen molar-refractivity contribution < 1.29 is 14.3 Å². The molecule has 0 saturated carbocycles. The van der Waals surface area contributed by atoms with E-state index in [0.29, 0.717) is 13.1 Å². The third kappa shape index (κ3) is 3.82. The van der Waals surface area contributed by atoms with E-state index in [4.69, 9.17) is 4.74 Å². The lowest BCUT2D eigenvalue weighted by molar-refractivity contribution is -0.159. The van der Waals surface area contributed by atoms with Gasteiger partial charge >= 0.3 is 5.97 Å². The Hall–Kier alpha value is -2.62. The number of amides is 1. The fourth-order valence-corrected chi connectivity index (χ4v) is 2.99. The number of nitrogens with zero attached hydrogens (tertiary/aromatic N) is 1. The van der Waals surface area contributed by atoms with Crippen molar-refractivity contribution in [3.63, 3.8) is 0 Å². The number of esters is 1. The van der Waals surface area contributed by atoms with Crippen LogP contribution >= 0.6 is 0 Å². The van der Waals surface area contributed by atoms with Gasteiger partial charge in [-0.2, -0.15) is 0 Å². The molecule has 1 aliphatic rings. The van der Waals surface area contributed by atoms with E-state index >= 15 is 0 Å². The highest BCUT2D eigenvalue weighted by atomic mass is 16.5. The van der Waals surface area contributed by atoms with E-state index in [0.717, 1.165) is 12.0 Å². The van der Waals surface area contributed by atoms with Crippen molar-refractivity contribution in [3.05, 3.63) is 71.3 Å². The van der Waals surface area contributed by atoms with E-state index in [1.165, 1.54) is 11.1 Å². The minimum absolute atomic E-state index is 0.133. The molecule has 1 atom stereocenters. The van der Waals surface area contributed by atoms with E-state index in [9.17, 15) is 9.59 Å². The Bertz CT molecular complexity index is 727. The maximum absolute atomic E-state index is 12.5. The molecule has 3 rings (SSSR count). The van der Waals surface area contributed by atoms with Crippen LogP contribution in [0.2, 0.25) is 0 Å². The Morgan fingerprint density at radius 2 is 1.71 bits per heavy atom. The van der Waals surface area contributed by atoms with Crippen LogP contribution in [-0.2, 0) is 33.7 Å². The average Bonchev–Trinajstić information content (AvgIpc) is 2.61. The molecule has 0 saturated heterocycles. The molecule has 2 aromatic rings. The highest BCUT2D eigenvalue weighted by molar-refractivity contribution is 5.84. The Kier molecular flexibility index (Phi) is 4.94. The average molecular weight is 323 g/mol. The summed E-state index contributed by atoms with van der Waals surface area (Å²) in [5.74, 6) is -0.509. The summed E-state index contributed by atoms with van der Waals surface area (Å²) in [6, 6.07) is 17.5. The van der Waals surface area contributed by atoms with Crippen molar-refractivity contribution in [2.24, 2.45) is 0 Å². The van der Waals surface area contributed by atoms with Gasteiger partial charge in [0.2, 0.25) is 0 Å². The third-order valence-electron chi connectivity index (χ3n) is 4.29. The van der Waals surface area contributed by atoms with Gasteiger partial charge < -0.3 is 9.64 Å². The van der Waals surface area contributed by atoms with Gasteiger partial charge in [0.15, 0.2) is 6.10 Å². The summed E-state index contributed by atoms with van der Waals surface area (Å²) in [6.07, 6.45) is 0.264. The second-order valence-corrected chi connectivity index (χ2v) is 6.07. The van der Waals surface area contributed by atoms with Crippen LogP contribution in [0.5, 0.6) is 0 Å². The van der Waals surface area contributed by atoms with E-state index in [1.807, 2.05) is 48.5 Å². The lowest BCUT2D eigenvalue weighted by Crippen LogP contribution is -2.42. The van der Waals surface area contributed by atoms with Gasteiger partial charge in [0.1, 0.15) is 0 Å². The number of rotatable bonds is 4. The van der Waals surface area contributed by atoms with Gasteiger partial charge in [0, 0.05) is 13.1 Å². The standard InChI is InChI=1S/C20H21NO3/c1-15(24-19(22)13-16-7-3-2-4-8-16)20(23)21-12-11-17-9-5-6-10-18(17)14-21/h2-10,15H,11-14H2,1H3. The molecular formula is C20H21NO3. The SMILES string of the molecule is CC(OC(=O)Cc1ccccc1)C(=O)N1CCc2ccccc2C1. The molecule has 0 N–H and O–H groups in total. The largest absolute Gasteiger partial charge is 0.452 e. The molecular weight excluding hydrogens is 302 g/mol. The van der Waals surface area contributed by atoms with Gasteiger partial charge in [-0.05, 0) is 30.0 Å². The van der Waals surface area contributed by atoms with Crippen LogP contribution in [0, 0.1) is 0 Å². The molecule has 0 aromatic heterocycles. The number of fused-ring (bicyclic) bond motifs is 1. The summed E-state index contributed by atoms with van der Waals surface area (Å²) < 4.78 is 5.33. The van der Waals surface area contributed by atoms with Gasteiger partial charge in [-0.15, -0.1) is 0 Å². The summed E-state index contributed by atoms with van der Waals surface area (Å²) in [6.45, 7) is 2.89. The van der Waals surface area contributed by atoms with Gasteiger partial charge in [-0.3, -0.25) is 9.59 Å². The summed E-state index contributed by atoms with van der Waals surface area (Å²) in [5.41, 5.74) is 3.34. The molecule has 24 heavy (non-hydrogen) atoms. The van der Waals surface area contributed by atoms with Crippen LogP contribution in [0.4, 0.5) is 0 Å². The second kappa shape index (κ2) is 7.30. The summed E-state index contributed by atoms with van der Waals surface area (Å²) in [4.78, 5) is 26.3. The lowest BCUT2D eigenvalue weighted by atomic mass is 9.99. The van der Waals surface area contributed by atoms with Crippen LogP contribution in [0.3, 0.4) is 0 Å². The molecule has 0 radical (unpaired) electrons. The quantitative estimate of drug-likeness (QED) is 0.813. The molecule has 1 aliphatic heterocycles. The number of ether oxygens (including phenoxy) is 1. The first-order valence-corrected chi connectivity index (χ1v) is 8.22. The Balaban J connectivity index is 1.56. The molecule has 0 bridgehead atoms. The van der Waals surface area contributed by atoms with Crippen molar-refractivity contribution in [2.45, 2.75) is 32.4 Å². The lowest BCUT2D eigenvalue weighted by Gasteiger charge is -2.30. The predicted octanol–water partition coefficient (Wildman–Crippen LogP) is 2.75. The van der Waals surface area contributed by atoms with Gasteiger partial charge in [0.05, 0.1) is 6.42 Å². The van der Waals surface area contributed by atoms with Crippen molar-refractivity contribution in [1.82, 2.24) is 4.90 Å². The second-order valence-electron chi connectivity index (χ2n) is 6.07. The maximum Gasteiger partial charge on any atom is 0.311 e. The minimum Gasteiger partial charge on any atom is -0.452 e.